The largest absolute Gasteiger partial charge is 0.300 e. The molecule has 58 valence electrons. The maximum Gasteiger partial charge on any atom is 0.0918 e. The van der Waals surface area contributed by atoms with Gasteiger partial charge >= 0.3 is 0 Å². The number of allylic oxidation sites excluding steroid dienone is 1. The number of hydrogen-bond donors (Lipinski definition) is 0. The van der Waals surface area contributed by atoms with Crippen LogP contribution in [0.1, 0.15) is 20.3 Å². The molecule has 1 aliphatic heterocycles. The van der Waals surface area contributed by atoms with Crippen molar-refractivity contribution in [3.8, 4) is 0 Å². The van der Waals surface area contributed by atoms with Crippen molar-refractivity contribution in [1.82, 2.24) is 0 Å². The Kier molecular flexibility index (Phi) is 1.86. The molecule has 2 atom stereocenters. The van der Waals surface area contributed by atoms with Crippen LogP contribution in [-0.2, 0) is 0 Å². The van der Waals surface area contributed by atoms with Crippen molar-refractivity contribution in [2.75, 3.05) is 14.1 Å². The van der Waals surface area contributed by atoms with E-state index in [0.29, 0.717) is 0 Å². The van der Waals surface area contributed by atoms with E-state index in [2.05, 4.69) is 40.2 Å². The van der Waals surface area contributed by atoms with Gasteiger partial charge in [-0.1, -0.05) is 6.92 Å². The Morgan fingerprint density at radius 3 is 2.30 bits per heavy atom. The van der Waals surface area contributed by atoms with Crippen LogP contribution < -0.4 is 0 Å². The van der Waals surface area contributed by atoms with Crippen molar-refractivity contribution in [1.29, 1.82) is 0 Å². The fourth-order valence-corrected chi connectivity index (χ4v) is 1.40. The van der Waals surface area contributed by atoms with Crippen LogP contribution in [0.15, 0.2) is 12.3 Å². The van der Waals surface area contributed by atoms with Crippen LogP contribution in [-0.4, -0.2) is 24.6 Å². The van der Waals surface area contributed by atoms with E-state index >= 15 is 0 Å². The molecule has 0 bridgehead atoms. The second-order valence-electron chi connectivity index (χ2n) is 4.03. The van der Waals surface area contributed by atoms with Crippen molar-refractivity contribution in [2.45, 2.75) is 26.3 Å². The zero-order valence-corrected chi connectivity index (χ0v) is 7.46. The Bertz CT molecular complexity index is 147. The minimum atomic E-state index is 0.778. The molecule has 0 fully saturated rings. The lowest BCUT2D eigenvalue weighted by atomic mass is 9.97. The molecule has 1 rings (SSSR count). The minimum absolute atomic E-state index is 0.778. The van der Waals surface area contributed by atoms with E-state index in [0.717, 1.165) is 16.4 Å². The molecule has 0 aliphatic carbocycles. The normalized spacial score (nSPS) is 38.0. The summed E-state index contributed by atoms with van der Waals surface area (Å²) in [6.45, 7) is 4.60. The first-order valence-corrected chi connectivity index (χ1v) is 4.05. The molecule has 0 spiro atoms. The lowest BCUT2D eigenvalue weighted by Crippen LogP contribution is -2.45. The fourth-order valence-electron chi connectivity index (χ4n) is 1.40. The second-order valence-corrected chi connectivity index (χ2v) is 4.03. The monoisotopic (exact) mass is 140 g/mol. The average molecular weight is 140 g/mol. The molecule has 0 saturated heterocycles. The van der Waals surface area contributed by atoms with Crippen LogP contribution in [0.2, 0.25) is 0 Å². The summed E-state index contributed by atoms with van der Waals surface area (Å²) in [5.74, 6) is 0.779. The molecule has 0 aromatic carbocycles. The number of quaternary nitrogens is 1. The summed E-state index contributed by atoms with van der Waals surface area (Å²) >= 11 is 0. The van der Waals surface area contributed by atoms with Gasteiger partial charge in [0.1, 0.15) is 0 Å². The molecule has 10 heavy (non-hydrogen) atoms. The van der Waals surface area contributed by atoms with Crippen LogP contribution >= 0.6 is 0 Å². The molecule has 0 radical (unpaired) electrons. The molecular weight excluding hydrogens is 122 g/mol. The summed E-state index contributed by atoms with van der Waals surface area (Å²) in [6.07, 6.45) is 5.95. The molecule has 0 aromatic heterocycles. The van der Waals surface area contributed by atoms with Gasteiger partial charge in [0.05, 0.1) is 26.3 Å². The van der Waals surface area contributed by atoms with Gasteiger partial charge < -0.3 is 4.48 Å². The van der Waals surface area contributed by atoms with Crippen LogP contribution in [0.5, 0.6) is 0 Å². The summed E-state index contributed by atoms with van der Waals surface area (Å²) in [5, 5.41) is 0. The first kappa shape index (κ1) is 7.80. The van der Waals surface area contributed by atoms with Gasteiger partial charge in [0, 0.05) is 6.42 Å². The van der Waals surface area contributed by atoms with E-state index in [1.165, 1.54) is 6.42 Å². The smallest absolute Gasteiger partial charge is 0.0918 e. The van der Waals surface area contributed by atoms with E-state index in [1.54, 1.807) is 0 Å². The van der Waals surface area contributed by atoms with Gasteiger partial charge in [-0.25, -0.2) is 0 Å². The van der Waals surface area contributed by atoms with Crippen molar-refractivity contribution in [3.05, 3.63) is 12.3 Å². The summed E-state index contributed by atoms with van der Waals surface area (Å²) in [5.41, 5.74) is 0. The molecule has 1 nitrogen and oxygen atoms in total. The molecule has 0 aromatic rings. The topological polar surface area (TPSA) is 0 Å². The summed E-state index contributed by atoms with van der Waals surface area (Å²) in [4.78, 5) is 0. The highest BCUT2D eigenvalue weighted by atomic mass is 15.3. The Labute approximate surface area is 63.9 Å². The van der Waals surface area contributed by atoms with Gasteiger partial charge in [-0.3, -0.25) is 0 Å². The minimum Gasteiger partial charge on any atom is -0.300 e. The van der Waals surface area contributed by atoms with E-state index in [1.807, 2.05) is 0 Å². The van der Waals surface area contributed by atoms with Crippen LogP contribution in [0.3, 0.4) is 0 Å². The molecule has 1 aliphatic rings. The SMILES string of the molecule is CC1C=C[N+](C)(C)C(C)C1. The van der Waals surface area contributed by atoms with Gasteiger partial charge in [-0.2, -0.15) is 0 Å². The predicted molar refractivity (Wildman–Crippen MR) is 44.5 cm³/mol. The van der Waals surface area contributed by atoms with Crippen molar-refractivity contribution < 1.29 is 4.48 Å². The maximum atomic E-state index is 2.32. The zero-order chi connectivity index (χ0) is 7.78. The summed E-state index contributed by atoms with van der Waals surface area (Å²) in [7, 11) is 4.51. The molecule has 0 N–H and O–H groups in total. The third-order valence-electron chi connectivity index (χ3n) is 2.65. The van der Waals surface area contributed by atoms with Gasteiger partial charge in [-0.05, 0) is 18.9 Å². The quantitative estimate of drug-likeness (QED) is 0.451. The average Bonchev–Trinajstić information content (AvgIpc) is 1.81. The molecule has 2 unspecified atom stereocenters. The predicted octanol–water partition coefficient (Wildman–Crippen LogP) is 2.00. The Morgan fingerprint density at radius 2 is 1.90 bits per heavy atom. The highest BCUT2D eigenvalue weighted by Gasteiger charge is 2.26. The molecule has 1 heteroatoms. The third-order valence-corrected chi connectivity index (χ3v) is 2.65. The van der Waals surface area contributed by atoms with Crippen LogP contribution in [0.25, 0.3) is 0 Å². The van der Waals surface area contributed by atoms with Gasteiger partial charge in [-0.15, -0.1) is 0 Å². The van der Waals surface area contributed by atoms with Crippen LogP contribution in [0, 0.1) is 5.92 Å². The molecule has 0 amide bonds. The Balaban J connectivity index is 2.72. The first-order valence-electron chi connectivity index (χ1n) is 4.05. The second kappa shape index (κ2) is 2.39. The standard InChI is InChI=1S/C9H18N/c1-8-5-6-10(3,4)9(2)7-8/h5-6,8-9H,7H2,1-4H3/q+1. The van der Waals surface area contributed by atoms with E-state index in [4.69, 9.17) is 0 Å². The Hall–Kier alpha value is -0.300. The Morgan fingerprint density at radius 1 is 1.30 bits per heavy atom. The number of rotatable bonds is 0. The van der Waals surface area contributed by atoms with E-state index in [9.17, 15) is 0 Å². The van der Waals surface area contributed by atoms with Crippen molar-refractivity contribution in [2.24, 2.45) is 5.92 Å². The molecule has 1 heterocycles. The lowest BCUT2D eigenvalue weighted by molar-refractivity contribution is -0.866. The van der Waals surface area contributed by atoms with Crippen molar-refractivity contribution in [3.63, 3.8) is 0 Å². The fraction of sp³-hybridized carbons (Fsp3) is 0.778. The van der Waals surface area contributed by atoms with Crippen LogP contribution in [0.4, 0.5) is 0 Å². The third kappa shape index (κ3) is 1.40. The summed E-state index contributed by atoms with van der Waals surface area (Å²) in [6, 6.07) is 0.778. The number of hydrogen-bond acceptors (Lipinski definition) is 0. The van der Waals surface area contributed by atoms with E-state index < -0.39 is 0 Å². The summed E-state index contributed by atoms with van der Waals surface area (Å²) < 4.78 is 1.05. The van der Waals surface area contributed by atoms with Crippen molar-refractivity contribution >= 4 is 0 Å². The highest BCUT2D eigenvalue weighted by molar-refractivity contribution is 4.86. The molecule has 0 saturated carbocycles. The van der Waals surface area contributed by atoms with Gasteiger partial charge in [0.2, 0.25) is 0 Å². The maximum absolute atomic E-state index is 2.32. The first-order chi connectivity index (χ1) is 4.52. The number of nitrogens with zero attached hydrogens (tertiary/aromatic N) is 1. The van der Waals surface area contributed by atoms with E-state index in [-0.39, 0.29) is 0 Å². The van der Waals surface area contributed by atoms with Gasteiger partial charge in [0.25, 0.3) is 0 Å². The molecular formula is C9H18N+. The zero-order valence-electron chi connectivity index (χ0n) is 7.46. The van der Waals surface area contributed by atoms with Gasteiger partial charge in [0.15, 0.2) is 0 Å². The lowest BCUT2D eigenvalue weighted by Gasteiger charge is -2.36. The highest BCUT2D eigenvalue weighted by Crippen LogP contribution is 2.22.